The number of rotatable bonds is 9. The number of carbonyl (C=O) groups is 1. The maximum atomic E-state index is 12.1. The summed E-state index contributed by atoms with van der Waals surface area (Å²) in [7, 11) is 0. The molecular weight excluding hydrogens is 489 g/mol. The molecule has 1 amide bonds. The lowest BCUT2D eigenvalue weighted by molar-refractivity contribution is -0.122. The van der Waals surface area contributed by atoms with Crippen molar-refractivity contribution in [1.82, 2.24) is 5.32 Å². The van der Waals surface area contributed by atoms with Gasteiger partial charge in [0.15, 0.2) is 0 Å². The van der Waals surface area contributed by atoms with Crippen molar-refractivity contribution in [3.63, 3.8) is 0 Å². The van der Waals surface area contributed by atoms with Crippen LogP contribution in [0.1, 0.15) is 30.9 Å². The number of halogens is 1. The molecule has 1 aliphatic heterocycles. The Kier molecular flexibility index (Phi) is 11.7. The van der Waals surface area contributed by atoms with Gasteiger partial charge in [0, 0.05) is 30.2 Å². The summed E-state index contributed by atoms with van der Waals surface area (Å²) < 4.78 is 23.5. The number of ether oxygens (including phenoxy) is 2. The highest BCUT2D eigenvalue weighted by atomic mass is 32.1. The van der Waals surface area contributed by atoms with Crippen LogP contribution >= 0.6 is 12.6 Å². The van der Waals surface area contributed by atoms with E-state index in [1.165, 1.54) is 17.8 Å². The number of carbonyl (C=O) groups excluding carboxylic acids is 1. The van der Waals surface area contributed by atoms with Gasteiger partial charge in [-0.25, -0.2) is 4.39 Å². The van der Waals surface area contributed by atoms with Gasteiger partial charge in [0.2, 0.25) is 5.91 Å². The highest BCUT2D eigenvalue weighted by Crippen LogP contribution is 2.20. The van der Waals surface area contributed by atoms with Gasteiger partial charge in [-0.1, -0.05) is 37.6 Å². The van der Waals surface area contributed by atoms with Gasteiger partial charge in [-0.15, -0.1) is 12.6 Å². The molecule has 6 nitrogen and oxygen atoms in total. The minimum atomic E-state index is -0.446. The topological polar surface area (TPSA) is 76.8 Å². The molecule has 1 saturated heterocycles. The van der Waals surface area contributed by atoms with Crippen molar-refractivity contribution in [3.8, 4) is 5.75 Å². The van der Waals surface area contributed by atoms with E-state index in [0.29, 0.717) is 19.6 Å². The summed E-state index contributed by atoms with van der Waals surface area (Å²) in [5, 5.41) is 2.89. The summed E-state index contributed by atoms with van der Waals surface area (Å²) in [4.78, 5) is 15.1. The maximum absolute atomic E-state index is 12.1. The third-order valence-corrected chi connectivity index (χ3v) is 6.12. The molecule has 0 saturated carbocycles. The average Bonchev–Trinajstić information content (AvgIpc) is 2.93. The fourth-order valence-corrected chi connectivity index (χ4v) is 3.93. The molecular formula is C29H36FN3O3S. The van der Waals surface area contributed by atoms with Crippen molar-refractivity contribution >= 4 is 24.2 Å². The van der Waals surface area contributed by atoms with Crippen molar-refractivity contribution in [2.24, 2.45) is 5.73 Å². The molecule has 3 aromatic rings. The average molecular weight is 526 g/mol. The van der Waals surface area contributed by atoms with E-state index in [-0.39, 0.29) is 11.7 Å². The van der Waals surface area contributed by atoms with Crippen molar-refractivity contribution in [2.75, 3.05) is 31.2 Å². The van der Waals surface area contributed by atoms with Crippen LogP contribution in [0.5, 0.6) is 5.75 Å². The third kappa shape index (κ3) is 10.1. The molecule has 0 aliphatic carbocycles. The van der Waals surface area contributed by atoms with Gasteiger partial charge in [-0.2, -0.15) is 0 Å². The van der Waals surface area contributed by atoms with Gasteiger partial charge in [0.1, 0.15) is 18.2 Å². The maximum Gasteiger partial charge on any atom is 0.237 e. The normalized spacial score (nSPS) is 13.8. The van der Waals surface area contributed by atoms with E-state index < -0.39 is 6.04 Å². The molecule has 0 spiro atoms. The summed E-state index contributed by atoms with van der Waals surface area (Å²) >= 11 is 3.97. The van der Waals surface area contributed by atoms with E-state index in [2.05, 4.69) is 47.1 Å². The largest absolute Gasteiger partial charge is 0.489 e. The number of benzene rings is 3. The molecule has 1 atom stereocenters. The number of anilines is 1. The van der Waals surface area contributed by atoms with E-state index >= 15 is 0 Å². The van der Waals surface area contributed by atoms with Crippen LogP contribution in [0.4, 0.5) is 10.1 Å². The molecule has 1 heterocycles. The molecule has 198 valence electrons. The van der Waals surface area contributed by atoms with E-state index in [0.717, 1.165) is 54.5 Å². The predicted molar refractivity (Wildman–Crippen MR) is 149 cm³/mol. The molecule has 1 aliphatic rings. The first-order chi connectivity index (χ1) is 17.9. The predicted octanol–water partition coefficient (Wildman–Crippen LogP) is 4.96. The Balaban J connectivity index is 0.000000405. The zero-order valence-electron chi connectivity index (χ0n) is 21.2. The standard InChI is InChI=1S/C23H31N3O3.C6H5FS/c1-2-5-22(24)23(27)25-16-18-6-4-9-21(15-18)29-17-19-7-3-8-20(14-19)26-10-12-28-13-11-26;7-5-1-3-6(8)4-2-5/h3-4,6-9,14-15,22H,2,5,10-13,16-17,24H2,1H3,(H,25,27);1-4,8H. The number of hydrogen-bond donors (Lipinski definition) is 3. The van der Waals surface area contributed by atoms with E-state index in [9.17, 15) is 9.18 Å². The molecule has 0 aromatic heterocycles. The Morgan fingerprint density at radius 1 is 1.08 bits per heavy atom. The summed E-state index contributed by atoms with van der Waals surface area (Å²) in [6.45, 7) is 6.33. The van der Waals surface area contributed by atoms with Crippen LogP contribution in [0.25, 0.3) is 0 Å². The Labute approximate surface area is 224 Å². The van der Waals surface area contributed by atoms with Crippen LogP contribution < -0.4 is 20.7 Å². The third-order valence-electron chi connectivity index (χ3n) is 5.82. The number of morpholine rings is 1. The van der Waals surface area contributed by atoms with Crippen LogP contribution in [0.2, 0.25) is 0 Å². The Morgan fingerprint density at radius 2 is 1.78 bits per heavy atom. The van der Waals surface area contributed by atoms with Crippen LogP contribution in [-0.4, -0.2) is 38.3 Å². The lowest BCUT2D eigenvalue weighted by Crippen LogP contribution is -2.40. The van der Waals surface area contributed by atoms with Gasteiger partial charge in [0.25, 0.3) is 0 Å². The van der Waals surface area contributed by atoms with Crippen molar-refractivity contribution in [1.29, 1.82) is 0 Å². The lowest BCUT2D eigenvalue weighted by Gasteiger charge is -2.29. The van der Waals surface area contributed by atoms with E-state index in [4.69, 9.17) is 15.2 Å². The smallest absolute Gasteiger partial charge is 0.237 e. The molecule has 8 heteroatoms. The number of nitrogens with zero attached hydrogens (tertiary/aromatic N) is 1. The van der Waals surface area contributed by atoms with Gasteiger partial charge < -0.3 is 25.4 Å². The van der Waals surface area contributed by atoms with Crippen LogP contribution in [0, 0.1) is 5.82 Å². The molecule has 37 heavy (non-hydrogen) atoms. The molecule has 1 fully saturated rings. The lowest BCUT2D eigenvalue weighted by atomic mass is 10.1. The second kappa shape index (κ2) is 15.2. The fourth-order valence-electron chi connectivity index (χ4n) is 3.78. The summed E-state index contributed by atoms with van der Waals surface area (Å²) in [6, 6.07) is 21.8. The number of nitrogens with one attached hydrogen (secondary N) is 1. The second-order valence-corrected chi connectivity index (χ2v) is 9.31. The monoisotopic (exact) mass is 525 g/mol. The van der Waals surface area contributed by atoms with Gasteiger partial charge in [-0.3, -0.25) is 4.79 Å². The number of thiol groups is 1. The second-order valence-electron chi connectivity index (χ2n) is 8.79. The highest BCUT2D eigenvalue weighted by Gasteiger charge is 2.12. The van der Waals surface area contributed by atoms with Crippen LogP contribution in [0.15, 0.2) is 77.7 Å². The minimum Gasteiger partial charge on any atom is -0.489 e. The zero-order valence-corrected chi connectivity index (χ0v) is 22.1. The molecule has 4 rings (SSSR count). The van der Waals surface area contributed by atoms with Crippen molar-refractivity contribution in [2.45, 2.75) is 43.9 Å². The Morgan fingerprint density at radius 3 is 2.49 bits per heavy atom. The SMILES string of the molecule is CCCC(N)C(=O)NCc1cccc(OCc2cccc(N3CCOCC3)c2)c1.Fc1ccc(S)cc1. The molecule has 1 unspecified atom stereocenters. The van der Waals surface area contributed by atoms with Crippen LogP contribution in [0.3, 0.4) is 0 Å². The first-order valence-electron chi connectivity index (χ1n) is 12.6. The number of nitrogens with two attached hydrogens (primary N) is 1. The summed E-state index contributed by atoms with van der Waals surface area (Å²) in [5.74, 6) is 0.451. The minimum absolute atomic E-state index is 0.113. The van der Waals surface area contributed by atoms with Crippen molar-refractivity contribution in [3.05, 3.63) is 89.7 Å². The number of hydrogen-bond acceptors (Lipinski definition) is 6. The van der Waals surface area contributed by atoms with Crippen molar-refractivity contribution < 1.29 is 18.7 Å². The zero-order chi connectivity index (χ0) is 26.5. The first kappa shape index (κ1) is 28.5. The Hall–Kier alpha value is -3.07. The van der Waals surface area contributed by atoms with Crippen LogP contribution in [-0.2, 0) is 22.7 Å². The fraction of sp³-hybridized carbons (Fsp3) is 0.345. The molecule has 3 N–H and O–H groups in total. The van der Waals surface area contributed by atoms with E-state index in [1.807, 2.05) is 31.2 Å². The molecule has 3 aromatic carbocycles. The van der Waals surface area contributed by atoms with E-state index in [1.54, 1.807) is 12.1 Å². The quantitative estimate of drug-likeness (QED) is 0.344. The molecule has 0 bridgehead atoms. The van der Waals surface area contributed by atoms with Gasteiger partial charge >= 0.3 is 0 Å². The van der Waals surface area contributed by atoms with Gasteiger partial charge in [0.05, 0.1) is 19.3 Å². The number of amides is 1. The summed E-state index contributed by atoms with van der Waals surface area (Å²) in [5.41, 5.74) is 9.17. The highest BCUT2D eigenvalue weighted by molar-refractivity contribution is 7.80. The summed E-state index contributed by atoms with van der Waals surface area (Å²) in [6.07, 6.45) is 1.59. The first-order valence-corrected chi connectivity index (χ1v) is 13.0. The molecule has 0 radical (unpaired) electrons. The van der Waals surface area contributed by atoms with Gasteiger partial charge in [-0.05, 0) is 66.1 Å². The Bertz CT molecular complexity index is 1090.